The third kappa shape index (κ3) is 7.43. The van der Waals surface area contributed by atoms with E-state index in [4.69, 9.17) is 9.47 Å². The van der Waals surface area contributed by atoms with Gasteiger partial charge in [-0.1, -0.05) is 55.8 Å². The maximum atomic E-state index is 12.2. The smallest absolute Gasteiger partial charge is 0.338 e. The molecule has 0 atom stereocenters. The van der Waals surface area contributed by atoms with Gasteiger partial charge in [-0.15, -0.1) is 0 Å². The fourth-order valence-electron chi connectivity index (χ4n) is 2.85. The van der Waals surface area contributed by atoms with Crippen LogP contribution in [0.4, 0.5) is 5.69 Å². The molecule has 3 rings (SSSR count). The molecule has 0 fully saturated rings. The van der Waals surface area contributed by atoms with Crippen molar-refractivity contribution in [3.05, 3.63) is 102 Å². The highest BCUT2D eigenvalue weighted by molar-refractivity contribution is 6.02. The number of nitrogens with one attached hydrogen (secondary N) is 1. The van der Waals surface area contributed by atoms with Crippen LogP contribution in [0.25, 0.3) is 6.08 Å². The van der Waals surface area contributed by atoms with Gasteiger partial charge in [0.15, 0.2) is 0 Å². The number of hydrogen-bond donors (Lipinski definition) is 1. The van der Waals surface area contributed by atoms with E-state index in [1.54, 1.807) is 30.3 Å². The minimum atomic E-state index is -0.354. The van der Waals surface area contributed by atoms with Crippen molar-refractivity contribution in [1.82, 2.24) is 0 Å². The van der Waals surface area contributed by atoms with Gasteiger partial charge in [0.25, 0.3) is 0 Å². The topological polar surface area (TPSA) is 64.6 Å². The number of hydrogen-bond acceptors (Lipinski definition) is 4. The number of unbranched alkanes of at least 4 members (excludes halogenated alkanes) is 1. The number of esters is 1. The van der Waals surface area contributed by atoms with Crippen molar-refractivity contribution >= 4 is 23.6 Å². The molecule has 0 saturated carbocycles. The van der Waals surface area contributed by atoms with Crippen LogP contribution in [0.15, 0.2) is 84.9 Å². The average molecular weight is 430 g/mol. The van der Waals surface area contributed by atoms with Gasteiger partial charge < -0.3 is 14.8 Å². The van der Waals surface area contributed by atoms with Crippen LogP contribution in [0.1, 0.15) is 41.3 Å². The molecule has 1 amide bonds. The van der Waals surface area contributed by atoms with Crippen LogP contribution in [0.3, 0.4) is 0 Å². The summed E-state index contributed by atoms with van der Waals surface area (Å²) < 4.78 is 10.9. The van der Waals surface area contributed by atoms with Crippen LogP contribution in [-0.2, 0) is 16.1 Å². The fourth-order valence-corrected chi connectivity index (χ4v) is 2.85. The molecule has 32 heavy (non-hydrogen) atoms. The Morgan fingerprint density at radius 2 is 1.62 bits per heavy atom. The van der Waals surface area contributed by atoms with E-state index >= 15 is 0 Å². The minimum absolute atomic E-state index is 0.257. The van der Waals surface area contributed by atoms with E-state index in [1.165, 1.54) is 6.08 Å². The highest BCUT2D eigenvalue weighted by Crippen LogP contribution is 2.16. The molecule has 0 aliphatic carbocycles. The van der Waals surface area contributed by atoms with E-state index in [1.807, 2.05) is 61.5 Å². The average Bonchev–Trinajstić information content (AvgIpc) is 2.83. The number of ether oxygens (including phenoxy) is 2. The van der Waals surface area contributed by atoms with Crippen LogP contribution >= 0.6 is 0 Å². The Morgan fingerprint density at radius 3 is 2.31 bits per heavy atom. The molecule has 0 unspecified atom stereocenters. The molecule has 0 aliphatic rings. The summed E-state index contributed by atoms with van der Waals surface area (Å²) in [7, 11) is 0. The Morgan fingerprint density at radius 1 is 0.906 bits per heavy atom. The van der Waals surface area contributed by atoms with E-state index in [-0.39, 0.29) is 11.9 Å². The molecule has 3 aromatic rings. The van der Waals surface area contributed by atoms with Gasteiger partial charge in [-0.2, -0.15) is 0 Å². The Labute approximate surface area is 188 Å². The zero-order valence-corrected chi connectivity index (χ0v) is 18.1. The first-order valence-electron chi connectivity index (χ1n) is 10.7. The maximum Gasteiger partial charge on any atom is 0.338 e. The normalized spacial score (nSPS) is 10.7. The molecule has 5 heteroatoms. The van der Waals surface area contributed by atoms with Crippen molar-refractivity contribution in [1.29, 1.82) is 0 Å². The lowest BCUT2D eigenvalue weighted by Crippen LogP contribution is -2.09. The molecule has 0 saturated heterocycles. The van der Waals surface area contributed by atoms with Crippen molar-refractivity contribution in [2.45, 2.75) is 26.4 Å². The van der Waals surface area contributed by atoms with E-state index in [0.717, 1.165) is 29.7 Å². The number of amides is 1. The molecule has 0 aliphatic heterocycles. The number of carbonyl (C=O) groups excluding carboxylic acids is 2. The number of rotatable bonds is 10. The Hall–Kier alpha value is -3.86. The Bertz CT molecular complexity index is 1030. The molecule has 0 bridgehead atoms. The number of benzene rings is 3. The molecule has 0 spiro atoms. The van der Waals surface area contributed by atoms with Crippen LogP contribution < -0.4 is 10.1 Å². The van der Waals surface area contributed by atoms with Crippen molar-refractivity contribution in [3.63, 3.8) is 0 Å². The summed E-state index contributed by atoms with van der Waals surface area (Å²) >= 11 is 0. The molecular formula is C27H27NO4. The third-order valence-corrected chi connectivity index (χ3v) is 4.67. The summed E-state index contributed by atoms with van der Waals surface area (Å²) in [5, 5.41) is 2.78. The van der Waals surface area contributed by atoms with Gasteiger partial charge in [-0.05, 0) is 60.0 Å². The molecular weight excluding hydrogens is 402 g/mol. The minimum Gasteiger partial charge on any atom is -0.489 e. The Balaban J connectivity index is 1.47. The van der Waals surface area contributed by atoms with Crippen LogP contribution in [0.5, 0.6) is 5.75 Å². The standard InChI is InChI=1S/C27H27NO4/c1-2-3-19-31-27(30)23-12-14-24(15-13-23)28-26(29)18-11-21-9-16-25(17-10-21)32-20-22-7-5-4-6-8-22/h4-18H,2-3,19-20H2,1H3,(H,28,29)/b18-11+. The molecule has 164 valence electrons. The van der Waals surface area contributed by atoms with Gasteiger partial charge in [0.1, 0.15) is 12.4 Å². The monoisotopic (exact) mass is 429 g/mol. The quantitative estimate of drug-likeness (QED) is 0.248. The molecule has 1 N–H and O–H groups in total. The van der Waals surface area contributed by atoms with Crippen LogP contribution in [-0.4, -0.2) is 18.5 Å². The molecule has 0 aromatic heterocycles. The zero-order valence-electron chi connectivity index (χ0n) is 18.1. The molecule has 0 radical (unpaired) electrons. The molecule has 3 aromatic carbocycles. The fraction of sp³-hybridized carbons (Fsp3) is 0.185. The lowest BCUT2D eigenvalue weighted by Gasteiger charge is -2.06. The summed E-state index contributed by atoms with van der Waals surface area (Å²) in [5.41, 5.74) is 3.06. The van der Waals surface area contributed by atoms with Crippen molar-refractivity contribution in [2.75, 3.05) is 11.9 Å². The lowest BCUT2D eigenvalue weighted by atomic mass is 10.2. The lowest BCUT2D eigenvalue weighted by molar-refractivity contribution is -0.111. The predicted octanol–water partition coefficient (Wildman–Crippen LogP) is 5.87. The molecule has 0 heterocycles. The zero-order chi connectivity index (χ0) is 22.6. The van der Waals surface area contributed by atoms with Gasteiger partial charge in [0, 0.05) is 11.8 Å². The van der Waals surface area contributed by atoms with Crippen molar-refractivity contribution in [2.24, 2.45) is 0 Å². The summed E-state index contributed by atoms with van der Waals surface area (Å²) in [6.07, 6.45) is 5.01. The van der Waals surface area contributed by atoms with Crippen molar-refractivity contribution in [3.8, 4) is 5.75 Å². The largest absolute Gasteiger partial charge is 0.489 e. The van der Waals surface area contributed by atoms with Gasteiger partial charge in [0.2, 0.25) is 5.91 Å². The summed E-state index contributed by atoms with van der Waals surface area (Å²) in [6.45, 7) is 2.96. The Kier molecular flexibility index (Phi) is 8.63. The van der Waals surface area contributed by atoms with Gasteiger partial charge in [-0.3, -0.25) is 4.79 Å². The summed E-state index contributed by atoms with van der Waals surface area (Å²) in [4.78, 5) is 24.1. The highest BCUT2D eigenvalue weighted by atomic mass is 16.5. The number of anilines is 1. The maximum absolute atomic E-state index is 12.2. The first-order valence-corrected chi connectivity index (χ1v) is 10.7. The number of carbonyl (C=O) groups is 2. The first-order chi connectivity index (χ1) is 15.6. The second-order valence-electron chi connectivity index (χ2n) is 7.23. The van der Waals surface area contributed by atoms with Crippen LogP contribution in [0, 0.1) is 0 Å². The van der Waals surface area contributed by atoms with E-state index in [0.29, 0.717) is 24.5 Å². The SMILES string of the molecule is CCCCOC(=O)c1ccc(NC(=O)/C=C/c2ccc(OCc3ccccc3)cc2)cc1. The van der Waals surface area contributed by atoms with Gasteiger partial charge >= 0.3 is 5.97 Å². The van der Waals surface area contributed by atoms with Gasteiger partial charge in [0.05, 0.1) is 12.2 Å². The molecule has 5 nitrogen and oxygen atoms in total. The highest BCUT2D eigenvalue weighted by Gasteiger charge is 2.07. The van der Waals surface area contributed by atoms with E-state index < -0.39 is 0 Å². The van der Waals surface area contributed by atoms with E-state index in [2.05, 4.69) is 5.32 Å². The second-order valence-corrected chi connectivity index (χ2v) is 7.23. The summed E-state index contributed by atoms with van der Waals surface area (Å²) in [6, 6.07) is 24.1. The van der Waals surface area contributed by atoms with Gasteiger partial charge in [-0.25, -0.2) is 4.79 Å². The first kappa shape index (κ1) is 22.8. The summed E-state index contributed by atoms with van der Waals surface area (Å²) in [5.74, 6) is 0.156. The predicted molar refractivity (Wildman–Crippen MR) is 127 cm³/mol. The van der Waals surface area contributed by atoms with Crippen molar-refractivity contribution < 1.29 is 19.1 Å². The third-order valence-electron chi connectivity index (χ3n) is 4.67. The van der Waals surface area contributed by atoms with Crippen LogP contribution in [0.2, 0.25) is 0 Å². The second kappa shape index (κ2) is 12.1. The van der Waals surface area contributed by atoms with E-state index in [9.17, 15) is 9.59 Å².